The molecule has 1 heterocycles. The molecule has 0 fully saturated rings. The number of aliphatic hydroxyl groups excluding tert-OH is 1. The van der Waals surface area contributed by atoms with Crippen LogP contribution in [0.2, 0.25) is 0 Å². The first-order valence-corrected chi connectivity index (χ1v) is 6.50. The highest BCUT2D eigenvalue weighted by Gasteiger charge is 2.22. The van der Waals surface area contributed by atoms with Crippen LogP contribution >= 0.6 is 0 Å². The maximum absolute atomic E-state index is 14.2. The van der Waals surface area contributed by atoms with Gasteiger partial charge < -0.3 is 10.0 Å². The van der Waals surface area contributed by atoms with Crippen LogP contribution < -0.4 is 4.90 Å². The standard InChI is InChI=1S/C16H16FNO/c1-11(19)13-6-7-16(14(17)10-13)18-9-8-12-4-2-3-5-15(12)18/h2-7,10-11,19H,8-9H2,1H3/t11-/m0/s1. The minimum absolute atomic E-state index is 0.282. The van der Waals surface area contributed by atoms with Gasteiger partial charge >= 0.3 is 0 Å². The zero-order valence-corrected chi connectivity index (χ0v) is 10.8. The summed E-state index contributed by atoms with van der Waals surface area (Å²) in [6.07, 6.45) is 0.294. The van der Waals surface area contributed by atoms with Crippen molar-refractivity contribution in [2.24, 2.45) is 0 Å². The van der Waals surface area contributed by atoms with Crippen molar-refractivity contribution in [1.29, 1.82) is 0 Å². The number of fused-ring (bicyclic) bond motifs is 1. The predicted molar refractivity (Wildman–Crippen MR) is 74.2 cm³/mol. The Bertz CT molecular complexity index is 609. The first-order valence-electron chi connectivity index (χ1n) is 6.50. The third-order valence-electron chi connectivity index (χ3n) is 3.63. The van der Waals surface area contributed by atoms with E-state index in [2.05, 4.69) is 6.07 Å². The van der Waals surface area contributed by atoms with Crippen LogP contribution in [0.15, 0.2) is 42.5 Å². The zero-order chi connectivity index (χ0) is 13.4. The molecule has 2 aromatic carbocycles. The molecule has 0 bridgehead atoms. The van der Waals surface area contributed by atoms with Crippen molar-refractivity contribution >= 4 is 11.4 Å². The van der Waals surface area contributed by atoms with Crippen LogP contribution in [0.5, 0.6) is 0 Å². The summed E-state index contributed by atoms with van der Waals surface area (Å²) in [5.41, 5.74) is 3.51. The number of benzene rings is 2. The molecule has 19 heavy (non-hydrogen) atoms. The lowest BCUT2D eigenvalue weighted by atomic mass is 10.1. The highest BCUT2D eigenvalue weighted by atomic mass is 19.1. The SMILES string of the molecule is C[C@H](O)c1ccc(N2CCc3ccccc32)c(F)c1. The minimum Gasteiger partial charge on any atom is -0.389 e. The highest BCUT2D eigenvalue weighted by molar-refractivity contribution is 5.70. The Morgan fingerprint density at radius 3 is 2.68 bits per heavy atom. The molecule has 98 valence electrons. The van der Waals surface area contributed by atoms with Crippen molar-refractivity contribution in [1.82, 2.24) is 0 Å². The van der Waals surface area contributed by atoms with E-state index in [-0.39, 0.29) is 5.82 Å². The van der Waals surface area contributed by atoms with Crippen LogP contribution in [0, 0.1) is 5.82 Å². The van der Waals surface area contributed by atoms with Gasteiger partial charge in [0.25, 0.3) is 0 Å². The number of hydrogen-bond donors (Lipinski definition) is 1. The number of anilines is 2. The molecule has 0 aromatic heterocycles. The van der Waals surface area contributed by atoms with E-state index >= 15 is 0 Å². The Hall–Kier alpha value is -1.87. The Kier molecular flexibility index (Phi) is 2.99. The van der Waals surface area contributed by atoms with Crippen LogP contribution in [0.1, 0.15) is 24.2 Å². The molecule has 1 atom stereocenters. The molecule has 2 aromatic rings. The van der Waals surface area contributed by atoms with E-state index in [0.717, 1.165) is 18.7 Å². The Morgan fingerprint density at radius 1 is 1.16 bits per heavy atom. The molecule has 3 rings (SSSR count). The number of aliphatic hydroxyl groups is 1. The Morgan fingerprint density at radius 2 is 1.95 bits per heavy atom. The monoisotopic (exact) mass is 257 g/mol. The Labute approximate surface area is 112 Å². The highest BCUT2D eigenvalue weighted by Crippen LogP contribution is 2.36. The molecular weight excluding hydrogens is 241 g/mol. The van der Waals surface area contributed by atoms with Crippen LogP contribution in [0.25, 0.3) is 0 Å². The Balaban J connectivity index is 2.00. The summed E-state index contributed by atoms with van der Waals surface area (Å²) in [4.78, 5) is 2.00. The van der Waals surface area contributed by atoms with Gasteiger partial charge in [0.05, 0.1) is 11.8 Å². The smallest absolute Gasteiger partial charge is 0.147 e. The van der Waals surface area contributed by atoms with E-state index in [9.17, 15) is 9.50 Å². The van der Waals surface area contributed by atoms with E-state index < -0.39 is 6.10 Å². The summed E-state index contributed by atoms with van der Waals surface area (Å²) in [7, 11) is 0. The maximum atomic E-state index is 14.2. The third-order valence-corrected chi connectivity index (χ3v) is 3.63. The lowest BCUT2D eigenvalue weighted by molar-refractivity contribution is 0.199. The summed E-state index contributed by atoms with van der Waals surface area (Å²) in [6.45, 7) is 2.43. The molecule has 1 aliphatic heterocycles. The van der Waals surface area contributed by atoms with E-state index in [0.29, 0.717) is 11.3 Å². The van der Waals surface area contributed by atoms with Gasteiger partial charge in [-0.05, 0) is 42.7 Å². The van der Waals surface area contributed by atoms with Gasteiger partial charge in [-0.25, -0.2) is 4.39 Å². The second-order valence-electron chi connectivity index (χ2n) is 4.92. The van der Waals surface area contributed by atoms with Crippen molar-refractivity contribution in [3.63, 3.8) is 0 Å². The van der Waals surface area contributed by atoms with Gasteiger partial charge in [-0.15, -0.1) is 0 Å². The van der Waals surface area contributed by atoms with Crippen LogP contribution in [-0.4, -0.2) is 11.7 Å². The molecule has 0 unspecified atom stereocenters. The normalized spacial score (nSPS) is 15.4. The molecule has 0 saturated heterocycles. The molecule has 0 saturated carbocycles. The predicted octanol–water partition coefficient (Wildman–Crippen LogP) is 3.57. The number of para-hydroxylation sites is 1. The topological polar surface area (TPSA) is 23.5 Å². The molecule has 1 N–H and O–H groups in total. The molecule has 3 heteroatoms. The summed E-state index contributed by atoms with van der Waals surface area (Å²) in [5.74, 6) is -0.282. The average Bonchev–Trinajstić information content (AvgIpc) is 2.82. The van der Waals surface area contributed by atoms with Gasteiger partial charge in [0.1, 0.15) is 5.82 Å². The number of halogens is 1. The first kappa shape index (κ1) is 12.2. The van der Waals surface area contributed by atoms with Gasteiger partial charge in [0.2, 0.25) is 0 Å². The van der Waals surface area contributed by atoms with Crippen LogP contribution in [-0.2, 0) is 6.42 Å². The summed E-state index contributed by atoms with van der Waals surface area (Å²) >= 11 is 0. The third kappa shape index (κ3) is 2.10. The molecule has 0 aliphatic carbocycles. The summed E-state index contributed by atoms with van der Waals surface area (Å²) < 4.78 is 14.2. The largest absolute Gasteiger partial charge is 0.389 e. The van der Waals surface area contributed by atoms with Gasteiger partial charge in [0.15, 0.2) is 0 Å². The molecule has 1 aliphatic rings. The fraction of sp³-hybridized carbons (Fsp3) is 0.250. The second-order valence-corrected chi connectivity index (χ2v) is 4.92. The fourth-order valence-electron chi connectivity index (χ4n) is 2.59. The zero-order valence-electron chi connectivity index (χ0n) is 10.8. The van der Waals surface area contributed by atoms with E-state index in [4.69, 9.17) is 0 Å². The second kappa shape index (κ2) is 4.67. The van der Waals surface area contributed by atoms with Gasteiger partial charge in [-0.3, -0.25) is 0 Å². The average molecular weight is 257 g/mol. The molecule has 2 nitrogen and oxygen atoms in total. The van der Waals surface area contributed by atoms with Crippen molar-refractivity contribution < 1.29 is 9.50 Å². The lowest BCUT2D eigenvalue weighted by Gasteiger charge is -2.21. The van der Waals surface area contributed by atoms with Gasteiger partial charge in [-0.1, -0.05) is 24.3 Å². The van der Waals surface area contributed by atoms with E-state index in [1.807, 2.05) is 23.1 Å². The maximum Gasteiger partial charge on any atom is 0.147 e. The van der Waals surface area contributed by atoms with Crippen LogP contribution in [0.3, 0.4) is 0 Å². The molecule has 0 spiro atoms. The quantitative estimate of drug-likeness (QED) is 0.889. The van der Waals surface area contributed by atoms with Crippen molar-refractivity contribution in [2.45, 2.75) is 19.4 Å². The minimum atomic E-state index is -0.644. The number of rotatable bonds is 2. The van der Waals surface area contributed by atoms with Crippen LogP contribution in [0.4, 0.5) is 15.8 Å². The summed E-state index contributed by atoms with van der Waals surface area (Å²) in [6, 6.07) is 13.0. The number of nitrogens with zero attached hydrogens (tertiary/aromatic N) is 1. The van der Waals surface area contributed by atoms with E-state index in [1.54, 1.807) is 19.1 Å². The van der Waals surface area contributed by atoms with Crippen molar-refractivity contribution in [2.75, 3.05) is 11.4 Å². The molecule has 0 radical (unpaired) electrons. The molecular formula is C16H16FNO. The van der Waals surface area contributed by atoms with Crippen molar-refractivity contribution in [3.05, 3.63) is 59.4 Å². The van der Waals surface area contributed by atoms with Gasteiger partial charge in [0, 0.05) is 12.2 Å². The fourth-order valence-corrected chi connectivity index (χ4v) is 2.59. The summed E-state index contributed by atoms with van der Waals surface area (Å²) in [5, 5.41) is 9.48. The lowest BCUT2D eigenvalue weighted by Crippen LogP contribution is -2.15. The molecule has 0 amide bonds. The first-order chi connectivity index (χ1) is 9.16. The number of hydrogen-bond acceptors (Lipinski definition) is 2. The van der Waals surface area contributed by atoms with Crippen molar-refractivity contribution in [3.8, 4) is 0 Å². The van der Waals surface area contributed by atoms with Gasteiger partial charge in [-0.2, -0.15) is 0 Å². The van der Waals surface area contributed by atoms with E-state index in [1.165, 1.54) is 11.6 Å².